The highest BCUT2D eigenvalue weighted by Crippen LogP contribution is 2.19. The Morgan fingerprint density at radius 1 is 1.15 bits per heavy atom. The zero-order valence-electron chi connectivity index (χ0n) is 11.0. The molecule has 0 saturated carbocycles. The third-order valence-corrected chi connectivity index (χ3v) is 3.23. The van der Waals surface area contributed by atoms with Crippen LogP contribution in [-0.2, 0) is 11.2 Å². The molecule has 2 heterocycles. The first-order valence-corrected chi connectivity index (χ1v) is 6.59. The van der Waals surface area contributed by atoms with Gasteiger partial charge in [0.15, 0.2) is 0 Å². The third kappa shape index (κ3) is 2.69. The summed E-state index contributed by atoms with van der Waals surface area (Å²) in [5, 5.41) is 3.97. The van der Waals surface area contributed by atoms with Gasteiger partial charge in [-0.1, -0.05) is 24.3 Å². The van der Waals surface area contributed by atoms with Gasteiger partial charge in [-0.2, -0.15) is 0 Å². The average Bonchev–Trinajstić information content (AvgIpc) is 2.89. The minimum atomic E-state index is -0.0195. The fourth-order valence-electron chi connectivity index (χ4n) is 2.23. The van der Waals surface area contributed by atoms with Crippen LogP contribution < -0.4 is 5.32 Å². The number of pyridine rings is 1. The molecule has 0 atom stereocenters. The van der Waals surface area contributed by atoms with Crippen molar-refractivity contribution >= 4 is 22.6 Å². The zero-order valence-corrected chi connectivity index (χ0v) is 11.0. The van der Waals surface area contributed by atoms with E-state index in [0.29, 0.717) is 18.7 Å². The van der Waals surface area contributed by atoms with E-state index in [9.17, 15) is 4.79 Å². The van der Waals surface area contributed by atoms with Crippen molar-refractivity contribution in [3.05, 3.63) is 60.4 Å². The normalized spacial score (nSPS) is 10.6. The van der Waals surface area contributed by atoms with E-state index in [4.69, 9.17) is 0 Å². The Hall–Kier alpha value is -2.62. The monoisotopic (exact) mass is 265 g/mol. The highest BCUT2D eigenvalue weighted by Gasteiger charge is 2.07. The Balaban J connectivity index is 1.63. The van der Waals surface area contributed by atoms with Crippen LogP contribution in [0.1, 0.15) is 12.0 Å². The van der Waals surface area contributed by atoms with Crippen molar-refractivity contribution in [1.82, 2.24) is 9.97 Å². The minimum Gasteiger partial charge on any atom is -0.361 e. The van der Waals surface area contributed by atoms with Crippen molar-refractivity contribution in [2.75, 3.05) is 5.32 Å². The Kier molecular flexibility index (Phi) is 3.46. The number of rotatable bonds is 4. The maximum atomic E-state index is 11.9. The van der Waals surface area contributed by atoms with E-state index >= 15 is 0 Å². The Morgan fingerprint density at radius 2 is 2.00 bits per heavy atom. The number of aromatic nitrogens is 2. The number of anilines is 1. The van der Waals surface area contributed by atoms with Crippen LogP contribution in [0.3, 0.4) is 0 Å². The molecule has 0 aliphatic carbocycles. The number of carbonyl (C=O) groups excluding carboxylic acids is 1. The minimum absolute atomic E-state index is 0.0195. The summed E-state index contributed by atoms with van der Waals surface area (Å²) in [6.07, 6.45) is 4.79. The van der Waals surface area contributed by atoms with Gasteiger partial charge in [0.1, 0.15) is 5.82 Å². The molecule has 3 rings (SSSR count). The van der Waals surface area contributed by atoms with Crippen molar-refractivity contribution in [2.24, 2.45) is 0 Å². The summed E-state index contributed by atoms with van der Waals surface area (Å²) in [6.45, 7) is 0. The fraction of sp³-hybridized carbons (Fsp3) is 0.125. The maximum absolute atomic E-state index is 11.9. The second-order valence-electron chi connectivity index (χ2n) is 4.62. The summed E-state index contributed by atoms with van der Waals surface area (Å²) >= 11 is 0. The SMILES string of the molecule is O=C(CCc1c[nH]c2ccccc12)Nc1ccccn1. The standard InChI is InChI=1S/C16H15N3O/c20-16(19-15-7-3-4-10-17-15)9-8-12-11-18-14-6-2-1-5-13(12)14/h1-7,10-11,18H,8-9H2,(H,17,19,20). The number of nitrogens with one attached hydrogen (secondary N) is 2. The Labute approximate surface area is 116 Å². The average molecular weight is 265 g/mol. The molecular formula is C16H15N3O. The first kappa shape index (κ1) is 12.4. The van der Waals surface area contributed by atoms with E-state index in [1.165, 1.54) is 5.39 Å². The van der Waals surface area contributed by atoms with Crippen LogP contribution >= 0.6 is 0 Å². The Bertz CT molecular complexity index is 719. The summed E-state index contributed by atoms with van der Waals surface area (Å²) in [6, 6.07) is 13.6. The lowest BCUT2D eigenvalue weighted by Gasteiger charge is -2.03. The predicted molar refractivity (Wildman–Crippen MR) is 79.5 cm³/mol. The van der Waals surface area contributed by atoms with E-state index in [1.807, 2.05) is 36.5 Å². The van der Waals surface area contributed by atoms with Gasteiger partial charge in [0, 0.05) is 29.7 Å². The summed E-state index contributed by atoms with van der Waals surface area (Å²) in [7, 11) is 0. The van der Waals surface area contributed by atoms with Crippen LogP contribution in [-0.4, -0.2) is 15.9 Å². The quantitative estimate of drug-likeness (QED) is 0.761. The molecule has 0 spiro atoms. The van der Waals surface area contributed by atoms with E-state index in [-0.39, 0.29) is 5.91 Å². The molecule has 0 aliphatic rings. The van der Waals surface area contributed by atoms with Crippen molar-refractivity contribution in [1.29, 1.82) is 0 Å². The summed E-state index contributed by atoms with van der Waals surface area (Å²) in [5.41, 5.74) is 2.27. The van der Waals surface area contributed by atoms with Gasteiger partial charge in [-0.25, -0.2) is 4.98 Å². The van der Waals surface area contributed by atoms with Crippen molar-refractivity contribution in [3.8, 4) is 0 Å². The second-order valence-corrected chi connectivity index (χ2v) is 4.62. The van der Waals surface area contributed by atoms with E-state index < -0.39 is 0 Å². The zero-order chi connectivity index (χ0) is 13.8. The highest BCUT2D eigenvalue weighted by atomic mass is 16.1. The van der Waals surface area contributed by atoms with Crippen LogP contribution in [0, 0.1) is 0 Å². The molecule has 0 bridgehead atoms. The van der Waals surface area contributed by atoms with Crippen LogP contribution in [0.4, 0.5) is 5.82 Å². The van der Waals surface area contributed by atoms with Gasteiger partial charge in [0.05, 0.1) is 0 Å². The number of para-hydroxylation sites is 1. The number of hydrogen-bond acceptors (Lipinski definition) is 2. The molecule has 1 aromatic carbocycles. The molecule has 20 heavy (non-hydrogen) atoms. The van der Waals surface area contributed by atoms with E-state index in [0.717, 1.165) is 11.1 Å². The number of fused-ring (bicyclic) bond motifs is 1. The number of nitrogens with zero attached hydrogens (tertiary/aromatic N) is 1. The number of hydrogen-bond donors (Lipinski definition) is 2. The molecule has 0 unspecified atom stereocenters. The predicted octanol–water partition coefficient (Wildman–Crippen LogP) is 3.13. The molecule has 2 N–H and O–H groups in total. The van der Waals surface area contributed by atoms with Gasteiger partial charge in [0.2, 0.25) is 5.91 Å². The van der Waals surface area contributed by atoms with Crippen LogP contribution in [0.5, 0.6) is 0 Å². The molecule has 2 aromatic heterocycles. The molecule has 0 saturated heterocycles. The van der Waals surface area contributed by atoms with Gasteiger partial charge >= 0.3 is 0 Å². The molecule has 1 amide bonds. The molecule has 0 aliphatic heterocycles. The fourth-order valence-corrected chi connectivity index (χ4v) is 2.23. The Morgan fingerprint density at radius 3 is 2.85 bits per heavy atom. The molecule has 100 valence electrons. The van der Waals surface area contributed by atoms with Crippen molar-refractivity contribution in [2.45, 2.75) is 12.8 Å². The van der Waals surface area contributed by atoms with Gasteiger partial charge in [-0.3, -0.25) is 4.79 Å². The smallest absolute Gasteiger partial charge is 0.225 e. The number of amides is 1. The third-order valence-electron chi connectivity index (χ3n) is 3.23. The number of aryl methyl sites for hydroxylation is 1. The van der Waals surface area contributed by atoms with Gasteiger partial charge < -0.3 is 10.3 Å². The summed E-state index contributed by atoms with van der Waals surface area (Å²) in [5.74, 6) is 0.574. The van der Waals surface area contributed by atoms with Crippen LogP contribution in [0.15, 0.2) is 54.9 Å². The second kappa shape index (κ2) is 5.57. The van der Waals surface area contributed by atoms with E-state index in [1.54, 1.807) is 12.3 Å². The van der Waals surface area contributed by atoms with Crippen LogP contribution in [0.25, 0.3) is 10.9 Å². The number of benzene rings is 1. The molecule has 3 aromatic rings. The van der Waals surface area contributed by atoms with Gasteiger partial charge in [-0.15, -0.1) is 0 Å². The lowest BCUT2D eigenvalue weighted by Crippen LogP contribution is -2.13. The first-order chi connectivity index (χ1) is 9.83. The molecule has 0 fully saturated rings. The van der Waals surface area contributed by atoms with Crippen molar-refractivity contribution < 1.29 is 4.79 Å². The highest BCUT2D eigenvalue weighted by molar-refractivity contribution is 5.90. The number of carbonyl (C=O) groups is 1. The lowest BCUT2D eigenvalue weighted by molar-refractivity contribution is -0.116. The number of aromatic amines is 1. The molecule has 4 nitrogen and oxygen atoms in total. The van der Waals surface area contributed by atoms with Gasteiger partial charge in [0.25, 0.3) is 0 Å². The van der Waals surface area contributed by atoms with Crippen LogP contribution in [0.2, 0.25) is 0 Å². The lowest BCUT2D eigenvalue weighted by atomic mass is 10.1. The molecular weight excluding hydrogens is 250 g/mol. The topological polar surface area (TPSA) is 57.8 Å². The largest absolute Gasteiger partial charge is 0.361 e. The first-order valence-electron chi connectivity index (χ1n) is 6.59. The number of H-pyrrole nitrogens is 1. The molecule has 4 heteroatoms. The molecule has 0 radical (unpaired) electrons. The van der Waals surface area contributed by atoms with Crippen molar-refractivity contribution in [3.63, 3.8) is 0 Å². The summed E-state index contributed by atoms with van der Waals surface area (Å²) < 4.78 is 0. The summed E-state index contributed by atoms with van der Waals surface area (Å²) in [4.78, 5) is 19.2. The van der Waals surface area contributed by atoms with Gasteiger partial charge in [-0.05, 0) is 30.2 Å². The van der Waals surface area contributed by atoms with E-state index in [2.05, 4.69) is 21.4 Å². The maximum Gasteiger partial charge on any atom is 0.225 e.